The smallest absolute Gasteiger partial charge is 0.124 e. The van der Waals surface area contributed by atoms with Crippen LogP contribution in [-0.4, -0.2) is 5.11 Å². The lowest BCUT2D eigenvalue weighted by atomic mass is 9.82. The van der Waals surface area contributed by atoms with Gasteiger partial charge in [0.25, 0.3) is 0 Å². The fourth-order valence-corrected chi connectivity index (χ4v) is 2.79. The first kappa shape index (κ1) is 16.2. The Balaban J connectivity index is 2.30. The molecule has 2 aromatic rings. The zero-order chi connectivity index (χ0) is 15.6. The topological polar surface area (TPSA) is 20.2 Å². The van der Waals surface area contributed by atoms with Gasteiger partial charge in [0.05, 0.1) is 0 Å². The summed E-state index contributed by atoms with van der Waals surface area (Å²) in [5, 5.41) is 10.5. The molecule has 2 aromatic carbocycles. The minimum absolute atomic E-state index is 0.125. The summed E-state index contributed by atoms with van der Waals surface area (Å²) < 4.78 is 13.7. The molecule has 0 aliphatic carbocycles. The van der Waals surface area contributed by atoms with Crippen molar-refractivity contribution in [3.05, 3.63) is 69.4 Å². The second-order valence-corrected chi connectivity index (χ2v) is 6.78. The van der Waals surface area contributed by atoms with E-state index in [-0.39, 0.29) is 11.2 Å². The third kappa shape index (κ3) is 3.53. The largest absolute Gasteiger partial charge is 0.384 e. The Morgan fingerprint density at radius 3 is 2.29 bits per heavy atom. The van der Waals surface area contributed by atoms with Gasteiger partial charge in [0.1, 0.15) is 11.9 Å². The first-order chi connectivity index (χ1) is 9.85. The summed E-state index contributed by atoms with van der Waals surface area (Å²) in [6.45, 7) is 6.57. The van der Waals surface area contributed by atoms with E-state index in [1.165, 1.54) is 17.7 Å². The van der Waals surface area contributed by atoms with Crippen LogP contribution in [0, 0.1) is 5.82 Å². The zero-order valence-corrected chi connectivity index (χ0v) is 14.1. The highest BCUT2D eigenvalue weighted by Gasteiger charge is 2.19. The molecular formula is C18H20BrFO. The Kier molecular flexibility index (Phi) is 4.84. The highest BCUT2D eigenvalue weighted by atomic mass is 79.9. The van der Waals surface area contributed by atoms with Gasteiger partial charge >= 0.3 is 0 Å². The summed E-state index contributed by atoms with van der Waals surface area (Å²) in [5.41, 5.74) is 2.84. The van der Waals surface area contributed by atoms with Crippen LogP contribution in [0.1, 0.15) is 50.0 Å². The lowest BCUT2D eigenvalue weighted by Crippen LogP contribution is -2.15. The molecule has 0 saturated heterocycles. The van der Waals surface area contributed by atoms with Gasteiger partial charge in [0.2, 0.25) is 0 Å². The number of aliphatic hydroxyl groups excluding tert-OH is 1. The lowest BCUT2D eigenvalue weighted by Gasteiger charge is -2.24. The van der Waals surface area contributed by atoms with E-state index < -0.39 is 6.10 Å². The summed E-state index contributed by atoms with van der Waals surface area (Å²) in [6, 6.07) is 12.3. The minimum Gasteiger partial charge on any atom is -0.384 e. The van der Waals surface area contributed by atoms with E-state index in [1.54, 1.807) is 6.07 Å². The maximum atomic E-state index is 13.1. The monoisotopic (exact) mass is 350 g/mol. The summed E-state index contributed by atoms with van der Waals surface area (Å²) >= 11 is 3.30. The van der Waals surface area contributed by atoms with E-state index in [4.69, 9.17) is 0 Å². The van der Waals surface area contributed by atoms with Crippen molar-refractivity contribution in [2.24, 2.45) is 0 Å². The molecule has 0 heterocycles. The fraction of sp³-hybridized carbons (Fsp3) is 0.333. The molecule has 1 nitrogen and oxygen atoms in total. The second-order valence-electron chi connectivity index (χ2n) is 5.93. The van der Waals surface area contributed by atoms with Crippen molar-refractivity contribution in [1.82, 2.24) is 0 Å². The molecule has 0 spiro atoms. The maximum absolute atomic E-state index is 13.1. The van der Waals surface area contributed by atoms with E-state index in [9.17, 15) is 9.50 Å². The molecule has 0 bridgehead atoms. The van der Waals surface area contributed by atoms with Crippen LogP contribution in [-0.2, 0) is 5.41 Å². The van der Waals surface area contributed by atoms with Crippen molar-refractivity contribution < 1.29 is 9.50 Å². The molecule has 0 aliphatic rings. The molecule has 2 rings (SSSR count). The Bertz CT molecular complexity index is 620. The third-order valence-corrected chi connectivity index (χ3v) is 4.84. The van der Waals surface area contributed by atoms with Gasteiger partial charge in [-0.1, -0.05) is 67.0 Å². The zero-order valence-electron chi connectivity index (χ0n) is 12.5. The average molecular weight is 351 g/mol. The minimum atomic E-state index is -0.765. The molecule has 0 fully saturated rings. The van der Waals surface area contributed by atoms with Gasteiger partial charge in [-0.25, -0.2) is 4.39 Å². The number of halogens is 2. The first-order valence-electron chi connectivity index (χ1n) is 7.08. The van der Waals surface area contributed by atoms with Crippen LogP contribution in [0.15, 0.2) is 46.9 Å². The van der Waals surface area contributed by atoms with Crippen LogP contribution in [0.25, 0.3) is 0 Å². The van der Waals surface area contributed by atoms with Crippen molar-refractivity contribution in [3.63, 3.8) is 0 Å². The Morgan fingerprint density at radius 2 is 1.76 bits per heavy atom. The van der Waals surface area contributed by atoms with E-state index in [1.807, 2.05) is 12.1 Å². The van der Waals surface area contributed by atoms with Crippen LogP contribution in [0.2, 0.25) is 0 Å². The number of aliphatic hydroxyl groups is 1. The molecule has 0 aliphatic heterocycles. The van der Waals surface area contributed by atoms with Crippen LogP contribution < -0.4 is 0 Å². The van der Waals surface area contributed by atoms with Crippen LogP contribution >= 0.6 is 15.9 Å². The van der Waals surface area contributed by atoms with Crippen molar-refractivity contribution in [2.75, 3.05) is 0 Å². The summed E-state index contributed by atoms with van der Waals surface area (Å²) in [5.74, 6) is -0.321. The molecule has 0 aromatic heterocycles. The predicted molar refractivity (Wildman–Crippen MR) is 87.9 cm³/mol. The lowest BCUT2D eigenvalue weighted by molar-refractivity contribution is 0.219. The normalized spacial score (nSPS) is 13.2. The standard InChI is InChI=1S/C18H20BrFO/c1-4-18(2,3)13-7-5-12(6-8-13)17(21)15-10-9-14(20)11-16(15)19/h5-11,17,21H,4H2,1-3H3. The molecule has 0 amide bonds. The van der Waals surface area contributed by atoms with Gasteiger partial charge in [-0.3, -0.25) is 0 Å². The molecular weight excluding hydrogens is 331 g/mol. The number of hydrogen-bond donors (Lipinski definition) is 1. The van der Waals surface area contributed by atoms with Gasteiger partial charge in [0.15, 0.2) is 0 Å². The molecule has 0 radical (unpaired) electrons. The number of benzene rings is 2. The van der Waals surface area contributed by atoms with Gasteiger partial charge in [-0.15, -0.1) is 0 Å². The average Bonchev–Trinajstić information content (AvgIpc) is 2.47. The SMILES string of the molecule is CCC(C)(C)c1ccc(C(O)c2ccc(F)cc2Br)cc1. The van der Waals surface area contributed by atoms with Gasteiger partial charge in [-0.2, -0.15) is 0 Å². The molecule has 0 saturated carbocycles. The van der Waals surface area contributed by atoms with Crippen molar-refractivity contribution >= 4 is 15.9 Å². The molecule has 1 atom stereocenters. The summed E-state index contributed by atoms with van der Waals surface area (Å²) in [7, 11) is 0. The van der Waals surface area contributed by atoms with Gasteiger partial charge in [-0.05, 0) is 40.7 Å². The van der Waals surface area contributed by atoms with Crippen molar-refractivity contribution in [3.8, 4) is 0 Å². The Hall–Kier alpha value is -1.19. The second kappa shape index (κ2) is 6.29. The van der Waals surface area contributed by atoms with Gasteiger partial charge < -0.3 is 5.11 Å². The van der Waals surface area contributed by atoms with E-state index in [0.29, 0.717) is 10.0 Å². The number of hydrogen-bond acceptors (Lipinski definition) is 1. The molecule has 21 heavy (non-hydrogen) atoms. The summed E-state index contributed by atoms with van der Waals surface area (Å²) in [6.07, 6.45) is 0.289. The van der Waals surface area contributed by atoms with Gasteiger partial charge in [0, 0.05) is 4.47 Å². The third-order valence-electron chi connectivity index (χ3n) is 4.15. The quantitative estimate of drug-likeness (QED) is 0.786. The molecule has 1 N–H and O–H groups in total. The Morgan fingerprint density at radius 1 is 1.14 bits per heavy atom. The van der Waals surface area contributed by atoms with Crippen LogP contribution in [0.4, 0.5) is 4.39 Å². The van der Waals surface area contributed by atoms with Crippen LogP contribution in [0.5, 0.6) is 0 Å². The fourth-order valence-electron chi connectivity index (χ4n) is 2.22. The first-order valence-corrected chi connectivity index (χ1v) is 7.88. The van der Waals surface area contributed by atoms with E-state index in [0.717, 1.165) is 12.0 Å². The number of rotatable bonds is 4. The molecule has 3 heteroatoms. The van der Waals surface area contributed by atoms with E-state index in [2.05, 4.69) is 48.8 Å². The van der Waals surface area contributed by atoms with Crippen LogP contribution in [0.3, 0.4) is 0 Å². The highest BCUT2D eigenvalue weighted by molar-refractivity contribution is 9.10. The van der Waals surface area contributed by atoms with E-state index >= 15 is 0 Å². The Labute approximate surface area is 134 Å². The molecule has 112 valence electrons. The van der Waals surface area contributed by atoms with Crippen molar-refractivity contribution in [1.29, 1.82) is 0 Å². The summed E-state index contributed by atoms with van der Waals surface area (Å²) in [4.78, 5) is 0. The van der Waals surface area contributed by atoms with Crippen molar-refractivity contribution in [2.45, 2.75) is 38.7 Å². The highest BCUT2D eigenvalue weighted by Crippen LogP contribution is 2.31. The maximum Gasteiger partial charge on any atom is 0.124 e. The molecule has 1 unspecified atom stereocenters. The predicted octanol–water partition coefficient (Wildman–Crippen LogP) is 5.36.